The molecule has 1 aromatic heterocycles. The zero-order chi connectivity index (χ0) is 26.5. The predicted molar refractivity (Wildman–Crippen MR) is 146 cm³/mol. The highest BCUT2D eigenvalue weighted by Crippen LogP contribution is 2.12. The van der Waals surface area contributed by atoms with Crippen molar-refractivity contribution < 1.29 is 14.7 Å². The van der Waals surface area contributed by atoms with Crippen LogP contribution in [0, 0.1) is 0 Å². The standard InChI is InChI=1S/C30H38N4O3/c1-3-17-34(18-4-2)30(37)25-14-10-13-24(20-25)29(36)33-27(19-23-11-6-5-7-12-23)28(35)22-31-21-26-15-8-9-16-32-26/h5-16,20,27-28,31,35H,3-4,17-19,21-22H2,1-2H3,(H,33,36)/t27-,28+/m0/s1. The maximum Gasteiger partial charge on any atom is 0.253 e. The molecule has 0 bridgehead atoms. The molecule has 0 saturated carbocycles. The van der Waals surface area contributed by atoms with Crippen molar-refractivity contribution >= 4 is 11.8 Å². The quantitative estimate of drug-likeness (QED) is 0.311. The molecule has 2 aromatic carbocycles. The van der Waals surface area contributed by atoms with Gasteiger partial charge in [-0.25, -0.2) is 0 Å². The molecule has 7 heteroatoms. The monoisotopic (exact) mass is 502 g/mol. The zero-order valence-electron chi connectivity index (χ0n) is 21.8. The van der Waals surface area contributed by atoms with Crippen LogP contribution in [0.4, 0.5) is 0 Å². The third kappa shape index (κ3) is 8.81. The fraction of sp³-hybridized carbons (Fsp3) is 0.367. The van der Waals surface area contributed by atoms with E-state index in [0.29, 0.717) is 37.2 Å². The number of carbonyl (C=O) groups is 2. The molecular formula is C30H38N4O3. The maximum atomic E-state index is 13.3. The van der Waals surface area contributed by atoms with E-state index in [2.05, 4.69) is 15.6 Å². The number of pyridine rings is 1. The molecule has 0 fully saturated rings. The van der Waals surface area contributed by atoms with E-state index in [0.717, 1.165) is 24.1 Å². The lowest BCUT2D eigenvalue weighted by Crippen LogP contribution is -2.48. The Bertz CT molecular complexity index is 1100. The lowest BCUT2D eigenvalue weighted by Gasteiger charge is -2.25. The Labute approximate surface area is 219 Å². The van der Waals surface area contributed by atoms with Crippen LogP contribution in [-0.4, -0.2) is 58.6 Å². The van der Waals surface area contributed by atoms with Crippen LogP contribution in [0.25, 0.3) is 0 Å². The highest BCUT2D eigenvalue weighted by Gasteiger charge is 2.23. The van der Waals surface area contributed by atoms with Gasteiger partial charge in [-0.15, -0.1) is 0 Å². The molecule has 3 aromatic rings. The van der Waals surface area contributed by atoms with Gasteiger partial charge in [0.25, 0.3) is 11.8 Å². The SMILES string of the molecule is CCCN(CCC)C(=O)c1cccc(C(=O)N[C@@H](Cc2ccccc2)[C@H](O)CNCc2ccccn2)c1. The number of aliphatic hydroxyl groups excluding tert-OH is 1. The summed E-state index contributed by atoms with van der Waals surface area (Å²) in [5.74, 6) is -0.394. The van der Waals surface area contributed by atoms with Crippen LogP contribution < -0.4 is 10.6 Å². The number of nitrogens with one attached hydrogen (secondary N) is 2. The molecule has 1 heterocycles. The normalized spacial score (nSPS) is 12.5. The van der Waals surface area contributed by atoms with Crippen LogP contribution in [0.5, 0.6) is 0 Å². The van der Waals surface area contributed by atoms with Crippen molar-refractivity contribution in [2.45, 2.75) is 51.8 Å². The lowest BCUT2D eigenvalue weighted by molar-refractivity contribution is 0.0755. The number of hydrogen-bond acceptors (Lipinski definition) is 5. The first-order valence-electron chi connectivity index (χ1n) is 13.0. The molecule has 0 spiro atoms. The van der Waals surface area contributed by atoms with Crippen LogP contribution in [-0.2, 0) is 13.0 Å². The van der Waals surface area contributed by atoms with Gasteiger partial charge in [0.2, 0.25) is 0 Å². The van der Waals surface area contributed by atoms with Crippen LogP contribution in [0.1, 0.15) is 58.7 Å². The first-order chi connectivity index (χ1) is 18.0. The first-order valence-corrected chi connectivity index (χ1v) is 13.0. The van der Waals surface area contributed by atoms with E-state index < -0.39 is 12.1 Å². The highest BCUT2D eigenvalue weighted by molar-refractivity contribution is 5.99. The number of aromatic nitrogens is 1. The Morgan fingerprint density at radius 3 is 2.30 bits per heavy atom. The summed E-state index contributed by atoms with van der Waals surface area (Å²) in [5, 5.41) is 17.3. The molecule has 0 radical (unpaired) electrons. The molecule has 0 aliphatic rings. The Balaban J connectivity index is 1.71. The maximum absolute atomic E-state index is 13.3. The summed E-state index contributed by atoms with van der Waals surface area (Å²) in [6.07, 6.45) is 3.12. The third-order valence-electron chi connectivity index (χ3n) is 6.11. The Hall–Kier alpha value is -3.55. The minimum absolute atomic E-state index is 0.0714. The fourth-order valence-electron chi connectivity index (χ4n) is 4.23. The smallest absolute Gasteiger partial charge is 0.253 e. The average molecular weight is 503 g/mol. The number of aliphatic hydroxyl groups is 1. The van der Waals surface area contributed by atoms with Crippen molar-refractivity contribution in [3.63, 3.8) is 0 Å². The van der Waals surface area contributed by atoms with Gasteiger partial charge < -0.3 is 20.6 Å². The summed E-state index contributed by atoms with van der Waals surface area (Å²) >= 11 is 0. The van der Waals surface area contributed by atoms with E-state index in [1.54, 1.807) is 30.5 Å². The minimum Gasteiger partial charge on any atom is -0.390 e. The average Bonchev–Trinajstić information content (AvgIpc) is 2.93. The summed E-state index contributed by atoms with van der Waals surface area (Å²) in [6.45, 7) is 6.25. The Morgan fingerprint density at radius 2 is 1.62 bits per heavy atom. The number of hydrogen-bond donors (Lipinski definition) is 3. The van der Waals surface area contributed by atoms with Crippen molar-refractivity contribution in [2.75, 3.05) is 19.6 Å². The molecule has 3 N–H and O–H groups in total. The molecule has 7 nitrogen and oxygen atoms in total. The Kier molecular flexibility index (Phi) is 11.3. The van der Waals surface area contributed by atoms with Crippen molar-refractivity contribution in [3.8, 4) is 0 Å². The molecule has 0 saturated heterocycles. The van der Waals surface area contributed by atoms with Crippen LogP contribution in [0.15, 0.2) is 79.0 Å². The lowest BCUT2D eigenvalue weighted by atomic mass is 10.00. The van der Waals surface area contributed by atoms with Gasteiger partial charge in [0.1, 0.15) is 0 Å². The molecule has 2 amide bonds. The summed E-state index contributed by atoms with van der Waals surface area (Å²) in [5.41, 5.74) is 2.77. The predicted octanol–water partition coefficient (Wildman–Crippen LogP) is 3.84. The van der Waals surface area contributed by atoms with Crippen molar-refractivity contribution in [1.29, 1.82) is 0 Å². The van der Waals surface area contributed by atoms with E-state index >= 15 is 0 Å². The first kappa shape index (κ1) is 28.0. The summed E-state index contributed by atoms with van der Waals surface area (Å²) in [4.78, 5) is 32.4. The van der Waals surface area contributed by atoms with Gasteiger partial charge in [0.05, 0.1) is 17.8 Å². The molecular weight excluding hydrogens is 464 g/mol. The van der Waals surface area contributed by atoms with E-state index in [-0.39, 0.29) is 18.4 Å². The van der Waals surface area contributed by atoms with Crippen molar-refractivity contribution in [3.05, 3.63) is 101 Å². The second-order valence-corrected chi connectivity index (χ2v) is 9.16. The highest BCUT2D eigenvalue weighted by atomic mass is 16.3. The van der Waals surface area contributed by atoms with Crippen LogP contribution in [0.3, 0.4) is 0 Å². The van der Waals surface area contributed by atoms with Gasteiger partial charge in [-0.3, -0.25) is 14.6 Å². The molecule has 0 aliphatic heterocycles. The number of benzene rings is 2. The second kappa shape index (κ2) is 14.9. The van der Waals surface area contributed by atoms with Crippen LogP contribution in [0.2, 0.25) is 0 Å². The van der Waals surface area contributed by atoms with E-state index in [1.165, 1.54) is 0 Å². The molecule has 3 rings (SSSR count). The minimum atomic E-state index is -0.831. The number of rotatable bonds is 14. The number of nitrogens with zero attached hydrogens (tertiary/aromatic N) is 2. The summed E-state index contributed by atoms with van der Waals surface area (Å²) in [6, 6.07) is 21.7. The topological polar surface area (TPSA) is 94.6 Å². The second-order valence-electron chi connectivity index (χ2n) is 9.16. The third-order valence-corrected chi connectivity index (χ3v) is 6.11. The zero-order valence-corrected chi connectivity index (χ0v) is 21.8. The van der Waals surface area contributed by atoms with Crippen molar-refractivity contribution in [1.82, 2.24) is 20.5 Å². The van der Waals surface area contributed by atoms with E-state index in [9.17, 15) is 14.7 Å². The summed E-state index contributed by atoms with van der Waals surface area (Å²) in [7, 11) is 0. The molecule has 2 atom stereocenters. The molecule has 0 unspecified atom stereocenters. The van der Waals surface area contributed by atoms with Crippen molar-refractivity contribution in [2.24, 2.45) is 0 Å². The van der Waals surface area contributed by atoms with Gasteiger partial charge in [-0.05, 0) is 55.2 Å². The summed E-state index contributed by atoms with van der Waals surface area (Å²) < 4.78 is 0. The van der Waals surface area contributed by atoms with Gasteiger partial charge in [0, 0.05) is 43.5 Å². The fourth-order valence-corrected chi connectivity index (χ4v) is 4.23. The molecule has 196 valence electrons. The van der Waals surface area contributed by atoms with Gasteiger partial charge in [-0.1, -0.05) is 56.3 Å². The van der Waals surface area contributed by atoms with Crippen LogP contribution >= 0.6 is 0 Å². The number of amides is 2. The van der Waals surface area contributed by atoms with Gasteiger partial charge >= 0.3 is 0 Å². The Morgan fingerprint density at radius 1 is 0.919 bits per heavy atom. The largest absolute Gasteiger partial charge is 0.390 e. The molecule has 37 heavy (non-hydrogen) atoms. The van der Waals surface area contributed by atoms with Gasteiger partial charge in [0.15, 0.2) is 0 Å². The molecule has 0 aliphatic carbocycles. The van der Waals surface area contributed by atoms with Gasteiger partial charge in [-0.2, -0.15) is 0 Å². The number of carbonyl (C=O) groups excluding carboxylic acids is 2. The van der Waals surface area contributed by atoms with E-state index in [4.69, 9.17) is 0 Å². The van der Waals surface area contributed by atoms with E-state index in [1.807, 2.05) is 67.3 Å².